The van der Waals surface area contributed by atoms with Gasteiger partial charge in [-0.25, -0.2) is 4.98 Å². The number of halogens is 1. The molecular formula is C11H12BrN3OS. The lowest BCUT2D eigenvalue weighted by molar-refractivity contribution is -0.121. The third kappa shape index (κ3) is 2.76. The van der Waals surface area contributed by atoms with E-state index in [4.69, 9.17) is 0 Å². The molecule has 0 saturated carbocycles. The van der Waals surface area contributed by atoms with Crippen molar-refractivity contribution in [2.45, 2.75) is 13.0 Å². The van der Waals surface area contributed by atoms with Crippen molar-refractivity contribution in [3.63, 3.8) is 0 Å². The van der Waals surface area contributed by atoms with E-state index in [2.05, 4.69) is 31.5 Å². The van der Waals surface area contributed by atoms with Gasteiger partial charge >= 0.3 is 0 Å². The molecule has 1 amide bonds. The molecule has 0 spiro atoms. The van der Waals surface area contributed by atoms with E-state index in [0.29, 0.717) is 0 Å². The summed E-state index contributed by atoms with van der Waals surface area (Å²) in [5.74, 6) is -0.0505. The molecular weight excluding hydrogens is 302 g/mol. The maximum atomic E-state index is 11.4. The third-order valence-corrected chi connectivity index (χ3v) is 3.77. The molecule has 0 saturated heterocycles. The summed E-state index contributed by atoms with van der Waals surface area (Å²) in [4.78, 5) is 15.8. The Bertz CT molecular complexity index is 555. The lowest BCUT2D eigenvalue weighted by atomic mass is 10.3. The van der Waals surface area contributed by atoms with E-state index in [-0.39, 0.29) is 11.9 Å². The maximum absolute atomic E-state index is 11.4. The minimum absolute atomic E-state index is 0.0505. The average Bonchev–Trinajstić information content (AvgIpc) is 2.69. The van der Waals surface area contributed by atoms with Crippen LogP contribution in [0.3, 0.4) is 0 Å². The molecule has 1 aromatic heterocycles. The van der Waals surface area contributed by atoms with Crippen LogP contribution in [0.25, 0.3) is 10.2 Å². The summed E-state index contributed by atoms with van der Waals surface area (Å²) in [5.41, 5.74) is 0.935. The van der Waals surface area contributed by atoms with Gasteiger partial charge in [0.05, 0.1) is 10.2 Å². The topological polar surface area (TPSA) is 54.0 Å². The summed E-state index contributed by atoms with van der Waals surface area (Å²) in [6, 6.07) is 5.63. The first kappa shape index (κ1) is 12.3. The number of carbonyl (C=O) groups excluding carboxylic acids is 1. The fourth-order valence-electron chi connectivity index (χ4n) is 1.43. The van der Waals surface area contributed by atoms with Crippen LogP contribution >= 0.6 is 27.3 Å². The van der Waals surface area contributed by atoms with Crippen molar-refractivity contribution in [3.05, 3.63) is 22.7 Å². The van der Waals surface area contributed by atoms with Crippen LogP contribution in [0.4, 0.5) is 5.13 Å². The molecule has 17 heavy (non-hydrogen) atoms. The van der Waals surface area contributed by atoms with Gasteiger partial charge in [-0.05, 0) is 25.1 Å². The van der Waals surface area contributed by atoms with Gasteiger partial charge in [0.1, 0.15) is 6.04 Å². The SMILES string of the molecule is CNC(=O)C(C)Nc1nc2ccc(Br)cc2s1. The second-order valence-electron chi connectivity index (χ2n) is 3.61. The van der Waals surface area contributed by atoms with E-state index in [1.165, 1.54) is 11.3 Å². The van der Waals surface area contributed by atoms with Crippen molar-refractivity contribution in [2.75, 3.05) is 12.4 Å². The lowest BCUT2D eigenvalue weighted by Crippen LogP contribution is -2.35. The standard InChI is InChI=1S/C11H12BrN3OS/c1-6(10(16)13-2)14-11-15-8-4-3-7(12)5-9(8)17-11/h3-6H,1-2H3,(H,13,16)(H,14,15). The zero-order chi connectivity index (χ0) is 12.4. The van der Waals surface area contributed by atoms with Crippen molar-refractivity contribution in [2.24, 2.45) is 0 Å². The summed E-state index contributed by atoms with van der Waals surface area (Å²) in [6.45, 7) is 1.81. The molecule has 2 N–H and O–H groups in total. The van der Waals surface area contributed by atoms with Gasteiger partial charge in [-0.2, -0.15) is 0 Å². The van der Waals surface area contributed by atoms with Crippen molar-refractivity contribution < 1.29 is 4.79 Å². The largest absolute Gasteiger partial charge is 0.357 e. The second kappa shape index (κ2) is 5.01. The van der Waals surface area contributed by atoms with Gasteiger partial charge in [-0.15, -0.1) is 0 Å². The Hall–Kier alpha value is -1.14. The van der Waals surface area contributed by atoms with Crippen LogP contribution in [0.1, 0.15) is 6.92 Å². The molecule has 0 radical (unpaired) electrons. The monoisotopic (exact) mass is 313 g/mol. The number of thiazole rings is 1. The number of hydrogen-bond donors (Lipinski definition) is 2. The highest BCUT2D eigenvalue weighted by Crippen LogP contribution is 2.28. The van der Waals surface area contributed by atoms with Gasteiger partial charge in [0.15, 0.2) is 5.13 Å². The highest BCUT2D eigenvalue weighted by molar-refractivity contribution is 9.10. The molecule has 0 fully saturated rings. The number of carbonyl (C=O) groups is 1. The molecule has 1 aromatic carbocycles. The van der Waals surface area contributed by atoms with Gasteiger partial charge in [-0.1, -0.05) is 27.3 Å². The summed E-state index contributed by atoms with van der Waals surface area (Å²) < 4.78 is 2.12. The summed E-state index contributed by atoms with van der Waals surface area (Å²) in [5, 5.41) is 6.44. The first-order valence-corrected chi connectivity index (χ1v) is 6.75. The first-order valence-electron chi connectivity index (χ1n) is 5.14. The van der Waals surface area contributed by atoms with Gasteiger partial charge < -0.3 is 10.6 Å². The van der Waals surface area contributed by atoms with E-state index in [9.17, 15) is 4.79 Å². The Labute approximate surface area is 112 Å². The molecule has 0 aliphatic rings. The third-order valence-electron chi connectivity index (χ3n) is 2.33. The molecule has 0 aliphatic heterocycles. The molecule has 2 rings (SSSR count). The molecule has 2 aromatic rings. The molecule has 6 heteroatoms. The molecule has 1 atom stereocenters. The fraction of sp³-hybridized carbons (Fsp3) is 0.273. The summed E-state index contributed by atoms with van der Waals surface area (Å²) in [6.07, 6.45) is 0. The van der Waals surface area contributed by atoms with E-state index in [1.807, 2.05) is 18.2 Å². The smallest absolute Gasteiger partial charge is 0.242 e. The number of nitrogens with one attached hydrogen (secondary N) is 2. The lowest BCUT2D eigenvalue weighted by Gasteiger charge is -2.10. The quantitative estimate of drug-likeness (QED) is 0.916. The highest BCUT2D eigenvalue weighted by Gasteiger charge is 2.12. The maximum Gasteiger partial charge on any atom is 0.242 e. The van der Waals surface area contributed by atoms with Gasteiger partial charge in [-0.3, -0.25) is 4.79 Å². The Balaban J connectivity index is 2.22. The second-order valence-corrected chi connectivity index (χ2v) is 5.56. The molecule has 1 unspecified atom stereocenters. The molecule has 90 valence electrons. The normalized spacial score (nSPS) is 12.4. The predicted octanol–water partition coefficient (Wildman–Crippen LogP) is 2.61. The minimum atomic E-state index is -0.288. The number of nitrogens with zero attached hydrogens (tertiary/aromatic N) is 1. The zero-order valence-corrected chi connectivity index (χ0v) is 11.9. The molecule has 0 bridgehead atoms. The van der Waals surface area contributed by atoms with Crippen LogP contribution in [-0.2, 0) is 4.79 Å². The first-order chi connectivity index (χ1) is 8.10. The number of hydrogen-bond acceptors (Lipinski definition) is 4. The van der Waals surface area contributed by atoms with E-state index >= 15 is 0 Å². The van der Waals surface area contributed by atoms with Crippen molar-refractivity contribution in [1.29, 1.82) is 0 Å². The number of amides is 1. The number of likely N-dealkylation sites (N-methyl/N-ethyl adjacent to an activating group) is 1. The van der Waals surface area contributed by atoms with Crippen molar-refractivity contribution in [3.8, 4) is 0 Å². The number of aromatic nitrogens is 1. The number of anilines is 1. The Morgan fingerprint density at radius 3 is 3.00 bits per heavy atom. The minimum Gasteiger partial charge on any atom is -0.357 e. The molecule has 0 aliphatic carbocycles. The molecule has 1 heterocycles. The number of rotatable bonds is 3. The van der Waals surface area contributed by atoms with Gasteiger partial charge in [0, 0.05) is 11.5 Å². The van der Waals surface area contributed by atoms with Crippen LogP contribution in [0.2, 0.25) is 0 Å². The van der Waals surface area contributed by atoms with Crippen molar-refractivity contribution >= 4 is 48.5 Å². The van der Waals surface area contributed by atoms with Crippen LogP contribution < -0.4 is 10.6 Å². The summed E-state index contributed by atoms with van der Waals surface area (Å²) in [7, 11) is 1.62. The van der Waals surface area contributed by atoms with Gasteiger partial charge in [0.25, 0.3) is 0 Å². The van der Waals surface area contributed by atoms with Crippen molar-refractivity contribution in [1.82, 2.24) is 10.3 Å². The number of benzene rings is 1. The van der Waals surface area contributed by atoms with Crippen LogP contribution in [0, 0.1) is 0 Å². The van der Waals surface area contributed by atoms with Crippen LogP contribution in [-0.4, -0.2) is 24.0 Å². The van der Waals surface area contributed by atoms with Crippen LogP contribution in [0.15, 0.2) is 22.7 Å². The van der Waals surface area contributed by atoms with E-state index < -0.39 is 0 Å². The van der Waals surface area contributed by atoms with E-state index in [1.54, 1.807) is 14.0 Å². The predicted molar refractivity (Wildman–Crippen MR) is 74.5 cm³/mol. The number of fused-ring (bicyclic) bond motifs is 1. The fourth-order valence-corrected chi connectivity index (χ4v) is 2.93. The van der Waals surface area contributed by atoms with E-state index in [0.717, 1.165) is 19.8 Å². The Morgan fingerprint density at radius 1 is 1.53 bits per heavy atom. The average molecular weight is 314 g/mol. The highest BCUT2D eigenvalue weighted by atomic mass is 79.9. The molecule has 4 nitrogen and oxygen atoms in total. The Kier molecular flexibility index (Phi) is 3.63. The van der Waals surface area contributed by atoms with Crippen LogP contribution in [0.5, 0.6) is 0 Å². The van der Waals surface area contributed by atoms with Gasteiger partial charge in [0.2, 0.25) is 5.91 Å². The Morgan fingerprint density at radius 2 is 2.29 bits per heavy atom. The zero-order valence-electron chi connectivity index (χ0n) is 9.45. The summed E-state index contributed by atoms with van der Waals surface area (Å²) >= 11 is 4.96.